The molecule has 0 aliphatic carbocycles. The van der Waals surface area contributed by atoms with Crippen LogP contribution in [0.15, 0.2) is 47.0 Å². The summed E-state index contributed by atoms with van der Waals surface area (Å²) in [5.41, 5.74) is 2.68. The molecule has 168 valence electrons. The van der Waals surface area contributed by atoms with Crippen LogP contribution in [0.2, 0.25) is 0 Å². The molecule has 0 saturated heterocycles. The van der Waals surface area contributed by atoms with Gasteiger partial charge in [-0.3, -0.25) is 4.79 Å². The van der Waals surface area contributed by atoms with E-state index in [1.165, 1.54) is 17.3 Å². The number of aromatic nitrogens is 2. The fourth-order valence-electron chi connectivity index (χ4n) is 3.55. The van der Waals surface area contributed by atoms with Gasteiger partial charge in [-0.2, -0.15) is 9.29 Å². The first-order chi connectivity index (χ1) is 15.3. The molecule has 0 spiro atoms. The SMILES string of the molecule is CCS(=O)(=O)N1Cc2ccccc2C[C@H]1C(=O)OCc1nc(-c2ccc(C)c(F)c2)no1. The van der Waals surface area contributed by atoms with E-state index in [0.717, 1.165) is 11.1 Å². The lowest BCUT2D eigenvalue weighted by atomic mass is 9.96. The number of halogens is 1. The number of rotatable bonds is 6. The monoisotopic (exact) mass is 459 g/mol. The van der Waals surface area contributed by atoms with Crippen molar-refractivity contribution in [2.75, 3.05) is 5.75 Å². The van der Waals surface area contributed by atoms with E-state index in [0.29, 0.717) is 11.1 Å². The Hall–Kier alpha value is -3.11. The van der Waals surface area contributed by atoms with Gasteiger partial charge in [0.05, 0.1) is 5.75 Å². The van der Waals surface area contributed by atoms with Crippen molar-refractivity contribution in [3.63, 3.8) is 0 Å². The van der Waals surface area contributed by atoms with Crippen molar-refractivity contribution in [1.29, 1.82) is 0 Å². The average Bonchev–Trinajstić information content (AvgIpc) is 3.27. The lowest BCUT2D eigenvalue weighted by Crippen LogP contribution is -2.49. The van der Waals surface area contributed by atoms with Crippen molar-refractivity contribution in [2.45, 2.75) is 39.5 Å². The highest BCUT2D eigenvalue weighted by Gasteiger charge is 2.39. The van der Waals surface area contributed by atoms with Crippen LogP contribution in [-0.4, -0.2) is 40.6 Å². The van der Waals surface area contributed by atoms with Crippen LogP contribution in [0.25, 0.3) is 11.4 Å². The van der Waals surface area contributed by atoms with Crippen LogP contribution in [0, 0.1) is 12.7 Å². The summed E-state index contributed by atoms with van der Waals surface area (Å²) in [6.45, 7) is 2.96. The predicted molar refractivity (Wildman–Crippen MR) is 113 cm³/mol. The summed E-state index contributed by atoms with van der Waals surface area (Å²) < 4.78 is 50.6. The minimum Gasteiger partial charge on any atom is -0.454 e. The fraction of sp³-hybridized carbons (Fsp3) is 0.318. The zero-order valence-corrected chi connectivity index (χ0v) is 18.4. The van der Waals surface area contributed by atoms with E-state index in [-0.39, 0.29) is 37.0 Å². The van der Waals surface area contributed by atoms with Gasteiger partial charge in [-0.15, -0.1) is 0 Å². The molecule has 1 atom stereocenters. The second-order valence-electron chi connectivity index (χ2n) is 7.52. The standard InChI is InChI=1S/C22H22FN3O5S/c1-3-32(28,29)26-12-17-7-5-4-6-15(17)11-19(26)22(27)30-13-20-24-21(25-31-20)16-9-8-14(2)18(23)10-16/h4-10,19H,3,11-13H2,1-2H3/t19-/m0/s1. The second kappa shape index (κ2) is 8.79. The summed E-state index contributed by atoms with van der Waals surface area (Å²) in [5.74, 6) is -1.03. The molecule has 0 fully saturated rings. The number of ether oxygens (including phenoxy) is 1. The van der Waals surface area contributed by atoms with Crippen LogP contribution in [-0.2, 0) is 39.1 Å². The van der Waals surface area contributed by atoms with Gasteiger partial charge < -0.3 is 9.26 Å². The van der Waals surface area contributed by atoms with Crippen LogP contribution >= 0.6 is 0 Å². The van der Waals surface area contributed by atoms with E-state index in [4.69, 9.17) is 9.26 Å². The number of nitrogens with zero attached hydrogens (tertiary/aromatic N) is 3. The molecule has 2 heterocycles. The quantitative estimate of drug-likeness (QED) is 0.522. The summed E-state index contributed by atoms with van der Waals surface area (Å²) in [7, 11) is -3.64. The molecule has 1 aromatic heterocycles. The molecule has 1 aliphatic rings. The van der Waals surface area contributed by atoms with E-state index in [2.05, 4.69) is 10.1 Å². The molecule has 2 aromatic carbocycles. The first kappa shape index (κ1) is 22.1. The number of fused-ring (bicyclic) bond motifs is 1. The average molecular weight is 459 g/mol. The first-order valence-corrected chi connectivity index (χ1v) is 11.7. The van der Waals surface area contributed by atoms with Crippen LogP contribution < -0.4 is 0 Å². The normalized spacial score (nSPS) is 16.5. The Balaban J connectivity index is 1.49. The Morgan fingerprint density at radius 3 is 2.72 bits per heavy atom. The molecule has 0 bridgehead atoms. The lowest BCUT2D eigenvalue weighted by molar-refractivity contribution is -0.150. The number of hydrogen-bond acceptors (Lipinski definition) is 7. The third-order valence-corrected chi connectivity index (χ3v) is 7.26. The number of benzene rings is 2. The summed E-state index contributed by atoms with van der Waals surface area (Å²) in [4.78, 5) is 17.0. The minimum atomic E-state index is -3.64. The van der Waals surface area contributed by atoms with Crippen molar-refractivity contribution in [3.8, 4) is 11.4 Å². The van der Waals surface area contributed by atoms with Gasteiger partial charge in [0.2, 0.25) is 15.8 Å². The van der Waals surface area contributed by atoms with E-state index in [9.17, 15) is 17.6 Å². The highest BCUT2D eigenvalue weighted by atomic mass is 32.2. The predicted octanol–water partition coefficient (Wildman–Crippen LogP) is 3.00. The first-order valence-electron chi connectivity index (χ1n) is 10.1. The van der Waals surface area contributed by atoms with E-state index in [1.807, 2.05) is 24.3 Å². The summed E-state index contributed by atoms with van der Waals surface area (Å²) in [5, 5.41) is 3.79. The number of hydrogen-bond donors (Lipinski definition) is 0. The zero-order chi connectivity index (χ0) is 22.9. The van der Waals surface area contributed by atoms with Crippen molar-refractivity contribution in [3.05, 3.63) is 70.9 Å². The number of carbonyl (C=O) groups is 1. The van der Waals surface area contributed by atoms with Crippen molar-refractivity contribution in [2.24, 2.45) is 0 Å². The van der Waals surface area contributed by atoms with E-state index < -0.39 is 27.9 Å². The van der Waals surface area contributed by atoms with Gasteiger partial charge in [0, 0.05) is 18.5 Å². The van der Waals surface area contributed by atoms with Crippen LogP contribution in [0.3, 0.4) is 0 Å². The molecule has 0 saturated carbocycles. The smallest absolute Gasteiger partial charge is 0.325 e. The summed E-state index contributed by atoms with van der Waals surface area (Å²) >= 11 is 0. The van der Waals surface area contributed by atoms with Gasteiger partial charge in [-0.05, 0) is 36.6 Å². The van der Waals surface area contributed by atoms with Crippen LogP contribution in [0.5, 0.6) is 0 Å². The minimum absolute atomic E-state index is 0.0236. The van der Waals surface area contributed by atoms with Crippen molar-refractivity contribution in [1.82, 2.24) is 14.4 Å². The number of carbonyl (C=O) groups excluding carboxylic acids is 1. The second-order valence-corrected chi connectivity index (χ2v) is 9.73. The molecule has 10 heteroatoms. The van der Waals surface area contributed by atoms with Gasteiger partial charge in [-0.1, -0.05) is 41.6 Å². The number of sulfonamides is 1. The maximum Gasteiger partial charge on any atom is 0.325 e. The Morgan fingerprint density at radius 1 is 1.25 bits per heavy atom. The van der Waals surface area contributed by atoms with Gasteiger partial charge >= 0.3 is 5.97 Å². The highest BCUT2D eigenvalue weighted by molar-refractivity contribution is 7.89. The Labute approximate surface area is 185 Å². The molecule has 4 rings (SSSR count). The summed E-state index contributed by atoms with van der Waals surface area (Å²) in [6, 6.07) is 11.0. The van der Waals surface area contributed by atoms with Gasteiger partial charge in [-0.25, -0.2) is 12.8 Å². The van der Waals surface area contributed by atoms with Crippen LogP contribution in [0.4, 0.5) is 4.39 Å². The van der Waals surface area contributed by atoms with E-state index in [1.54, 1.807) is 19.1 Å². The largest absolute Gasteiger partial charge is 0.454 e. The Kier molecular flexibility index (Phi) is 6.07. The molecule has 0 radical (unpaired) electrons. The fourth-order valence-corrected chi connectivity index (χ4v) is 4.77. The molecule has 0 N–H and O–H groups in total. The van der Waals surface area contributed by atoms with Crippen LogP contribution in [0.1, 0.15) is 29.5 Å². The summed E-state index contributed by atoms with van der Waals surface area (Å²) in [6.07, 6.45) is 0.214. The molecule has 1 aliphatic heterocycles. The maximum absolute atomic E-state index is 13.8. The number of aryl methyl sites for hydroxylation is 1. The maximum atomic E-state index is 13.8. The molecule has 0 amide bonds. The van der Waals surface area contributed by atoms with Crippen molar-refractivity contribution >= 4 is 16.0 Å². The third kappa shape index (κ3) is 4.42. The lowest BCUT2D eigenvalue weighted by Gasteiger charge is -2.34. The molecular formula is C22H22FN3O5S. The van der Waals surface area contributed by atoms with Gasteiger partial charge in [0.1, 0.15) is 11.9 Å². The Morgan fingerprint density at radius 2 is 2.00 bits per heavy atom. The number of esters is 1. The van der Waals surface area contributed by atoms with Gasteiger partial charge in [0.15, 0.2) is 6.61 Å². The molecule has 32 heavy (non-hydrogen) atoms. The topological polar surface area (TPSA) is 103 Å². The molecule has 0 unspecified atom stereocenters. The molecule has 3 aromatic rings. The third-order valence-electron chi connectivity index (χ3n) is 5.44. The van der Waals surface area contributed by atoms with Crippen molar-refractivity contribution < 1.29 is 26.9 Å². The highest BCUT2D eigenvalue weighted by Crippen LogP contribution is 2.27. The molecule has 8 nitrogen and oxygen atoms in total. The zero-order valence-electron chi connectivity index (χ0n) is 17.6. The van der Waals surface area contributed by atoms with E-state index >= 15 is 0 Å². The van der Waals surface area contributed by atoms with Gasteiger partial charge in [0.25, 0.3) is 5.89 Å². The molecular weight excluding hydrogens is 437 g/mol. The Bertz CT molecular complexity index is 1260.